The number of rotatable bonds is 7. The third-order valence-corrected chi connectivity index (χ3v) is 5.27. The number of carbonyl (C=O) groups excluding carboxylic acids is 1. The van der Waals surface area contributed by atoms with Gasteiger partial charge in [0.1, 0.15) is 11.5 Å². The van der Waals surface area contributed by atoms with Crippen LogP contribution in [0, 0.1) is 18.8 Å². The van der Waals surface area contributed by atoms with Gasteiger partial charge in [0.15, 0.2) is 5.76 Å². The molecule has 30 heavy (non-hydrogen) atoms. The number of ether oxygens (including phenoxy) is 1. The van der Waals surface area contributed by atoms with Crippen LogP contribution in [0.3, 0.4) is 0 Å². The normalized spacial score (nSPS) is 14.8. The summed E-state index contributed by atoms with van der Waals surface area (Å²) in [6.45, 7) is 12.9. The van der Waals surface area contributed by atoms with Gasteiger partial charge in [-0.05, 0) is 54.2 Å². The van der Waals surface area contributed by atoms with Crippen LogP contribution >= 0.6 is 11.6 Å². The standard InChI is InChI=1S/C25H30ClNO3/c1-15(2)12-27(13-16(3)4)14-20-21(28)10-17(5)23-24(29)22(30-25(20)23)11-18-6-8-19(26)9-7-18/h6-11,15-16,28H,12-14H2,1-5H3/b22-11+. The summed E-state index contributed by atoms with van der Waals surface area (Å²) in [5.41, 5.74) is 2.76. The number of hydrogen-bond acceptors (Lipinski definition) is 4. The van der Waals surface area contributed by atoms with Gasteiger partial charge in [-0.15, -0.1) is 0 Å². The average Bonchev–Trinajstić information content (AvgIpc) is 2.96. The maximum atomic E-state index is 13.1. The van der Waals surface area contributed by atoms with E-state index in [1.165, 1.54) is 0 Å². The molecule has 5 heteroatoms. The third kappa shape index (κ3) is 5.05. The minimum Gasteiger partial charge on any atom is -0.507 e. The van der Waals surface area contributed by atoms with Crippen molar-refractivity contribution in [1.29, 1.82) is 0 Å². The van der Waals surface area contributed by atoms with Gasteiger partial charge in [0, 0.05) is 24.7 Å². The molecule has 0 unspecified atom stereocenters. The molecule has 0 spiro atoms. The average molecular weight is 428 g/mol. The van der Waals surface area contributed by atoms with E-state index < -0.39 is 0 Å². The van der Waals surface area contributed by atoms with Crippen molar-refractivity contribution >= 4 is 23.5 Å². The Balaban J connectivity index is 1.98. The van der Waals surface area contributed by atoms with Crippen LogP contribution in [-0.2, 0) is 6.54 Å². The third-order valence-electron chi connectivity index (χ3n) is 5.02. The number of ketones is 1. The SMILES string of the molecule is Cc1cc(O)c(CN(CC(C)C)CC(C)C)c2c1C(=O)/C(=C\c1ccc(Cl)cc1)O2. The molecule has 0 saturated heterocycles. The molecule has 0 amide bonds. The Bertz CT molecular complexity index is 951. The van der Waals surface area contributed by atoms with Gasteiger partial charge in [-0.1, -0.05) is 51.4 Å². The summed E-state index contributed by atoms with van der Waals surface area (Å²) in [4.78, 5) is 15.4. The number of allylic oxidation sites excluding steroid dienone is 1. The van der Waals surface area contributed by atoms with E-state index in [1.54, 1.807) is 24.3 Å². The van der Waals surface area contributed by atoms with Crippen molar-refractivity contribution in [1.82, 2.24) is 4.90 Å². The highest BCUT2D eigenvalue weighted by Crippen LogP contribution is 2.42. The monoisotopic (exact) mass is 427 g/mol. The first-order valence-corrected chi connectivity index (χ1v) is 10.8. The topological polar surface area (TPSA) is 49.8 Å². The van der Waals surface area contributed by atoms with Gasteiger partial charge in [0.05, 0.1) is 11.1 Å². The zero-order chi connectivity index (χ0) is 22.0. The van der Waals surface area contributed by atoms with E-state index in [0.29, 0.717) is 40.3 Å². The summed E-state index contributed by atoms with van der Waals surface area (Å²) in [7, 11) is 0. The molecule has 0 fully saturated rings. The van der Waals surface area contributed by atoms with Gasteiger partial charge >= 0.3 is 0 Å². The van der Waals surface area contributed by atoms with Gasteiger partial charge in [-0.25, -0.2) is 0 Å². The molecule has 1 aliphatic rings. The van der Waals surface area contributed by atoms with Crippen molar-refractivity contribution in [2.45, 2.75) is 41.2 Å². The zero-order valence-corrected chi connectivity index (χ0v) is 19.1. The largest absolute Gasteiger partial charge is 0.507 e. The molecule has 0 saturated carbocycles. The number of aryl methyl sites for hydroxylation is 1. The fourth-order valence-corrected chi connectivity index (χ4v) is 4.03. The van der Waals surface area contributed by atoms with E-state index in [0.717, 1.165) is 24.2 Å². The zero-order valence-electron chi connectivity index (χ0n) is 18.3. The lowest BCUT2D eigenvalue weighted by molar-refractivity contribution is 0.101. The first-order valence-electron chi connectivity index (χ1n) is 10.4. The van der Waals surface area contributed by atoms with E-state index in [-0.39, 0.29) is 17.3 Å². The van der Waals surface area contributed by atoms with Gasteiger partial charge in [0.25, 0.3) is 0 Å². The number of aromatic hydroxyl groups is 1. The van der Waals surface area contributed by atoms with E-state index in [4.69, 9.17) is 16.3 Å². The van der Waals surface area contributed by atoms with Crippen LogP contribution in [-0.4, -0.2) is 28.9 Å². The van der Waals surface area contributed by atoms with Crippen molar-refractivity contribution in [3.63, 3.8) is 0 Å². The fourth-order valence-electron chi connectivity index (χ4n) is 3.90. The van der Waals surface area contributed by atoms with Crippen LogP contribution in [0.5, 0.6) is 11.5 Å². The molecule has 4 nitrogen and oxygen atoms in total. The van der Waals surface area contributed by atoms with Gasteiger partial charge < -0.3 is 9.84 Å². The summed E-state index contributed by atoms with van der Waals surface area (Å²) in [5.74, 6) is 1.75. The number of fused-ring (bicyclic) bond motifs is 1. The number of hydrogen-bond donors (Lipinski definition) is 1. The number of phenolic OH excluding ortho intramolecular Hbond substituents is 1. The Hall–Kier alpha value is -2.30. The first-order chi connectivity index (χ1) is 14.2. The van der Waals surface area contributed by atoms with Crippen molar-refractivity contribution < 1.29 is 14.6 Å². The molecule has 160 valence electrons. The predicted octanol–water partition coefficient (Wildman–Crippen LogP) is 6.08. The Morgan fingerprint density at radius 1 is 1.10 bits per heavy atom. The smallest absolute Gasteiger partial charge is 0.232 e. The molecule has 2 aromatic carbocycles. The van der Waals surface area contributed by atoms with Crippen LogP contribution in [0.1, 0.15) is 54.7 Å². The second-order valence-corrected chi connectivity index (χ2v) is 9.30. The summed E-state index contributed by atoms with van der Waals surface area (Å²) in [6.07, 6.45) is 1.72. The second kappa shape index (κ2) is 9.23. The summed E-state index contributed by atoms with van der Waals surface area (Å²) in [6, 6.07) is 8.90. The Morgan fingerprint density at radius 2 is 1.70 bits per heavy atom. The van der Waals surface area contributed by atoms with E-state index in [1.807, 2.05) is 19.1 Å². The van der Waals surface area contributed by atoms with Crippen molar-refractivity contribution in [3.05, 3.63) is 63.4 Å². The van der Waals surface area contributed by atoms with Crippen molar-refractivity contribution in [2.24, 2.45) is 11.8 Å². The molecule has 0 aromatic heterocycles. The molecule has 0 radical (unpaired) electrons. The summed E-state index contributed by atoms with van der Waals surface area (Å²) < 4.78 is 6.05. The molecule has 0 atom stereocenters. The number of phenols is 1. The predicted molar refractivity (Wildman–Crippen MR) is 122 cm³/mol. The molecule has 1 N–H and O–H groups in total. The molecule has 1 heterocycles. The lowest BCUT2D eigenvalue weighted by Gasteiger charge is -2.27. The van der Waals surface area contributed by atoms with E-state index >= 15 is 0 Å². The summed E-state index contributed by atoms with van der Waals surface area (Å²) in [5, 5.41) is 11.3. The maximum absolute atomic E-state index is 13.1. The number of halogens is 1. The summed E-state index contributed by atoms with van der Waals surface area (Å²) >= 11 is 5.96. The molecule has 0 bridgehead atoms. The minimum absolute atomic E-state index is 0.155. The Kier molecular flexibility index (Phi) is 6.89. The van der Waals surface area contributed by atoms with Crippen LogP contribution in [0.15, 0.2) is 36.1 Å². The molecule has 1 aliphatic heterocycles. The second-order valence-electron chi connectivity index (χ2n) is 8.87. The number of carbonyl (C=O) groups is 1. The minimum atomic E-state index is -0.155. The number of Topliss-reactive ketones (excluding diaryl/α,β-unsaturated/α-hetero) is 1. The van der Waals surface area contributed by atoms with E-state index in [9.17, 15) is 9.90 Å². The van der Waals surface area contributed by atoms with Gasteiger partial charge in [-0.3, -0.25) is 9.69 Å². The van der Waals surface area contributed by atoms with E-state index in [2.05, 4.69) is 32.6 Å². The number of benzene rings is 2. The van der Waals surface area contributed by atoms with Crippen molar-refractivity contribution in [3.8, 4) is 11.5 Å². The van der Waals surface area contributed by atoms with Crippen LogP contribution in [0.2, 0.25) is 5.02 Å². The van der Waals surface area contributed by atoms with Crippen molar-refractivity contribution in [2.75, 3.05) is 13.1 Å². The van der Waals surface area contributed by atoms with Gasteiger partial charge in [-0.2, -0.15) is 0 Å². The number of nitrogens with zero attached hydrogens (tertiary/aromatic N) is 1. The van der Waals surface area contributed by atoms with Crippen LogP contribution in [0.25, 0.3) is 6.08 Å². The highest BCUT2D eigenvalue weighted by atomic mass is 35.5. The quantitative estimate of drug-likeness (QED) is 0.543. The molecule has 3 rings (SSSR count). The molecule has 2 aromatic rings. The molecular formula is C25H30ClNO3. The Labute approximate surface area is 184 Å². The maximum Gasteiger partial charge on any atom is 0.232 e. The molecular weight excluding hydrogens is 398 g/mol. The lowest BCUT2D eigenvalue weighted by Crippen LogP contribution is -2.31. The van der Waals surface area contributed by atoms with Crippen LogP contribution < -0.4 is 4.74 Å². The Morgan fingerprint density at radius 3 is 2.27 bits per heavy atom. The first kappa shape index (κ1) is 22.4. The molecule has 0 aliphatic carbocycles. The lowest BCUT2D eigenvalue weighted by atomic mass is 9.98. The highest BCUT2D eigenvalue weighted by molar-refractivity contribution is 6.30. The highest BCUT2D eigenvalue weighted by Gasteiger charge is 2.33. The fraction of sp³-hybridized carbons (Fsp3) is 0.400. The van der Waals surface area contributed by atoms with Crippen LogP contribution in [0.4, 0.5) is 0 Å². The van der Waals surface area contributed by atoms with Gasteiger partial charge in [0.2, 0.25) is 5.78 Å².